The number of amides is 1. The van der Waals surface area contributed by atoms with Crippen LogP contribution in [0, 0.1) is 0 Å². The molecule has 1 aromatic rings. The number of ether oxygens (including phenoxy) is 2. The first kappa shape index (κ1) is 10.6. The van der Waals surface area contributed by atoms with Crippen molar-refractivity contribution in [1.82, 2.24) is 5.32 Å². The number of epoxide rings is 1. The fraction of sp³-hybridized carbons (Fsp3) is 0.462. The molecule has 0 spiro atoms. The predicted octanol–water partition coefficient (Wildman–Crippen LogP) is 1.07. The first-order valence-corrected chi connectivity index (χ1v) is 5.84. The number of nitrogens with one attached hydrogen (secondary N) is 1. The zero-order valence-electron chi connectivity index (χ0n) is 9.68. The number of hydrogen-bond donors (Lipinski definition) is 1. The summed E-state index contributed by atoms with van der Waals surface area (Å²) in [6, 6.07) is 8.28. The topological polar surface area (TPSA) is 50.9 Å². The average molecular weight is 233 g/mol. The number of carbonyl (C=O) groups excluding carboxylic acids is 1. The first-order valence-electron chi connectivity index (χ1n) is 5.84. The van der Waals surface area contributed by atoms with Crippen LogP contribution in [-0.4, -0.2) is 31.8 Å². The Morgan fingerprint density at radius 3 is 3.06 bits per heavy atom. The molecule has 1 aromatic carbocycles. The van der Waals surface area contributed by atoms with Gasteiger partial charge in [0.1, 0.15) is 5.75 Å². The second kappa shape index (κ2) is 4.04. The lowest BCUT2D eigenvalue weighted by molar-refractivity contribution is -0.122. The molecule has 2 fully saturated rings. The molecule has 1 aliphatic heterocycles. The quantitative estimate of drug-likeness (QED) is 0.791. The van der Waals surface area contributed by atoms with E-state index in [-0.39, 0.29) is 18.1 Å². The fourth-order valence-corrected chi connectivity index (χ4v) is 2.07. The summed E-state index contributed by atoms with van der Waals surface area (Å²) in [6.07, 6.45) is 0.813. The average Bonchev–Trinajstić information content (AvgIpc) is 3.22. The minimum Gasteiger partial charge on any atom is -0.497 e. The van der Waals surface area contributed by atoms with Gasteiger partial charge in [-0.25, -0.2) is 0 Å². The summed E-state index contributed by atoms with van der Waals surface area (Å²) in [5, 5.41) is 3.00. The van der Waals surface area contributed by atoms with E-state index < -0.39 is 0 Å². The molecule has 2 aliphatic rings. The molecular weight excluding hydrogens is 218 g/mol. The van der Waals surface area contributed by atoms with E-state index in [2.05, 4.69) is 11.4 Å². The highest BCUT2D eigenvalue weighted by Gasteiger charge is 2.42. The molecule has 0 radical (unpaired) electrons. The summed E-state index contributed by atoms with van der Waals surface area (Å²) < 4.78 is 10.1. The Morgan fingerprint density at radius 1 is 1.53 bits per heavy atom. The van der Waals surface area contributed by atoms with Crippen molar-refractivity contribution < 1.29 is 14.3 Å². The van der Waals surface area contributed by atoms with E-state index in [1.807, 2.05) is 18.2 Å². The van der Waals surface area contributed by atoms with Gasteiger partial charge >= 0.3 is 0 Å². The van der Waals surface area contributed by atoms with Crippen LogP contribution in [-0.2, 0) is 9.53 Å². The highest BCUT2D eigenvalue weighted by atomic mass is 16.6. The molecular formula is C13H15NO3. The van der Waals surface area contributed by atoms with Crippen molar-refractivity contribution in [1.29, 1.82) is 0 Å². The molecule has 3 rings (SSSR count). The van der Waals surface area contributed by atoms with Gasteiger partial charge in [0.15, 0.2) is 6.10 Å². The fourth-order valence-electron chi connectivity index (χ4n) is 2.07. The molecule has 1 amide bonds. The summed E-state index contributed by atoms with van der Waals surface area (Å²) >= 11 is 0. The molecule has 1 saturated heterocycles. The van der Waals surface area contributed by atoms with E-state index in [4.69, 9.17) is 9.47 Å². The Labute approximate surface area is 99.9 Å². The van der Waals surface area contributed by atoms with Crippen molar-refractivity contribution >= 4 is 5.91 Å². The van der Waals surface area contributed by atoms with Crippen molar-refractivity contribution in [3.05, 3.63) is 29.8 Å². The van der Waals surface area contributed by atoms with Gasteiger partial charge in [-0.2, -0.15) is 0 Å². The molecule has 4 nitrogen and oxygen atoms in total. The third-order valence-corrected chi connectivity index (χ3v) is 3.27. The molecule has 1 unspecified atom stereocenters. The summed E-state index contributed by atoms with van der Waals surface area (Å²) in [5.41, 5.74) is 1.23. The standard InChI is InChI=1S/C13H15NO3/c1-16-9-4-2-3-8(5-9)10-6-11(10)14-13(15)12-7-17-12/h2-5,10-12H,6-7H2,1H3,(H,14,15)/t10-,11+,12?/m0/s1. The van der Waals surface area contributed by atoms with Gasteiger partial charge in [0.25, 0.3) is 5.91 Å². The number of carbonyl (C=O) groups is 1. The predicted molar refractivity (Wildman–Crippen MR) is 62.0 cm³/mol. The van der Waals surface area contributed by atoms with E-state index >= 15 is 0 Å². The molecule has 1 saturated carbocycles. The van der Waals surface area contributed by atoms with Gasteiger partial charge in [0.2, 0.25) is 0 Å². The van der Waals surface area contributed by atoms with Crippen LogP contribution in [0.25, 0.3) is 0 Å². The van der Waals surface area contributed by atoms with Gasteiger partial charge in [0.05, 0.1) is 13.7 Å². The highest BCUT2D eigenvalue weighted by Crippen LogP contribution is 2.41. The third-order valence-electron chi connectivity index (χ3n) is 3.27. The van der Waals surface area contributed by atoms with Gasteiger partial charge < -0.3 is 14.8 Å². The van der Waals surface area contributed by atoms with Crippen LogP contribution in [0.2, 0.25) is 0 Å². The summed E-state index contributed by atoms with van der Waals surface area (Å²) in [6.45, 7) is 0.572. The van der Waals surface area contributed by atoms with Gasteiger partial charge in [-0.15, -0.1) is 0 Å². The summed E-state index contributed by atoms with van der Waals surface area (Å²) in [4.78, 5) is 11.5. The maximum absolute atomic E-state index is 11.5. The Morgan fingerprint density at radius 2 is 2.35 bits per heavy atom. The van der Waals surface area contributed by atoms with E-state index in [9.17, 15) is 4.79 Å². The van der Waals surface area contributed by atoms with Crippen molar-refractivity contribution in [3.8, 4) is 5.75 Å². The molecule has 4 heteroatoms. The summed E-state index contributed by atoms with van der Waals surface area (Å²) in [7, 11) is 1.66. The molecule has 17 heavy (non-hydrogen) atoms. The van der Waals surface area contributed by atoms with Crippen LogP contribution in [0.3, 0.4) is 0 Å². The zero-order chi connectivity index (χ0) is 11.8. The number of rotatable bonds is 4. The van der Waals surface area contributed by atoms with Crippen LogP contribution >= 0.6 is 0 Å². The Kier molecular flexibility index (Phi) is 2.52. The number of methoxy groups -OCH3 is 1. The van der Waals surface area contributed by atoms with Crippen molar-refractivity contribution in [2.75, 3.05) is 13.7 Å². The van der Waals surface area contributed by atoms with Crippen LogP contribution in [0.4, 0.5) is 0 Å². The zero-order valence-corrected chi connectivity index (χ0v) is 9.68. The van der Waals surface area contributed by atoms with Crippen LogP contribution in [0.15, 0.2) is 24.3 Å². The largest absolute Gasteiger partial charge is 0.497 e. The lowest BCUT2D eigenvalue weighted by Crippen LogP contribution is -2.30. The Balaban J connectivity index is 1.61. The van der Waals surface area contributed by atoms with Crippen LogP contribution in [0.5, 0.6) is 5.75 Å². The lowest BCUT2D eigenvalue weighted by atomic mass is 10.1. The van der Waals surface area contributed by atoms with Crippen LogP contribution in [0.1, 0.15) is 17.9 Å². The first-order chi connectivity index (χ1) is 8.28. The molecule has 3 atom stereocenters. The monoisotopic (exact) mass is 233 g/mol. The SMILES string of the molecule is COc1cccc([C@@H]2C[C@H]2NC(=O)C2CO2)c1. The van der Waals surface area contributed by atoms with E-state index in [0.717, 1.165) is 12.2 Å². The van der Waals surface area contributed by atoms with Gasteiger partial charge in [-0.05, 0) is 24.1 Å². The molecule has 1 aliphatic carbocycles. The molecule has 0 bridgehead atoms. The van der Waals surface area contributed by atoms with Gasteiger partial charge in [0, 0.05) is 12.0 Å². The molecule has 90 valence electrons. The molecule has 1 heterocycles. The van der Waals surface area contributed by atoms with E-state index in [1.54, 1.807) is 7.11 Å². The molecule has 0 aromatic heterocycles. The summed E-state index contributed by atoms with van der Waals surface area (Å²) in [5.74, 6) is 1.32. The Hall–Kier alpha value is -1.55. The maximum atomic E-state index is 11.5. The smallest absolute Gasteiger partial charge is 0.251 e. The second-order valence-corrected chi connectivity index (χ2v) is 4.56. The van der Waals surface area contributed by atoms with Gasteiger partial charge in [-0.3, -0.25) is 4.79 Å². The number of benzene rings is 1. The minimum absolute atomic E-state index is 0.0281. The third kappa shape index (κ3) is 2.26. The van der Waals surface area contributed by atoms with Gasteiger partial charge in [-0.1, -0.05) is 12.1 Å². The molecule has 1 N–H and O–H groups in total. The maximum Gasteiger partial charge on any atom is 0.251 e. The Bertz CT molecular complexity index is 442. The van der Waals surface area contributed by atoms with E-state index in [1.165, 1.54) is 5.56 Å². The highest BCUT2D eigenvalue weighted by molar-refractivity contribution is 5.83. The normalized spacial score (nSPS) is 29.6. The van der Waals surface area contributed by atoms with Crippen molar-refractivity contribution in [3.63, 3.8) is 0 Å². The van der Waals surface area contributed by atoms with Crippen molar-refractivity contribution in [2.45, 2.75) is 24.5 Å². The van der Waals surface area contributed by atoms with E-state index in [0.29, 0.717) is 12.5 Å². The minimum atomic E-state index is -0.193. The van der Waals surface area contributed by atoms with Crippen LogP contribution < -0.4 is 10.1 Å². The lowest BCUT2D eigenvalue weighted by Gasteiger charge is -2.05. The second-order valence-electron chi connectivity index (χ2n) is 4.56. The number of hydrogen-bond acceptors (Lipinski definition) is 3. The van der Waals surface area contributed by atoms with Crippen molar-refractivity contribution in [2.24, 2.45) is 0 Å².